The summed E-state index contributed by atoms with van der Waals surface area (Å²) in [6, 6.07) is 12.0. The number of nitrogens with zero attached hydrogens (tertiary/aromatic N) is 6. The zero-order valence-electron chi connectivity index (χ0n) is 20.0. The molecule has 4 aromatic rings. The maximum Gasteiger partial charge on any atom is 0.275 e. The van der Waals surface area contributed by atoms with Crippen molar-refractivity contribution in [3.63, 3.8) is 0 Å². The number of carbonyl (C=O) groups is 2. The summed E-state index contributed by atoms with van der Waals surface area (Å²) in [5.74, 6) is -0.266. The fraction of sp³-hybridized carbons (Fsp3) is 0.231. The third-order valence-electron chi connectivity index (χ3n) is 6.24. The Labute approximate surface area is 211 Å². The van der Waals surface area contributed by atoms with Crippen LogP contribution in [0.25, 0.3) is 11.5 Å². The maximum absolute atomic E-state index is 13.2. The Kier molecular flexibility index (Phi) is 6.69. The van der Waals surface area contributed by atoms with Crippen LogP contribution in [0.5, 0.6) is 0 Å². The van der Waals surface area contributed by atoms with Crippen LogP contribution < -0.4 is 5.32 Å². The molecule has 1 atom stereocenters. The molecule has 11 heteroatoms. The number of pyridine rings is 2. The van der Waals surface area contributed by atoms with Crippen LogP contribution >= 0.6 is 0 Å². The van der Waals surface area contributed by atoms with Crippen LogP contribution in [0.1, 0.15) is 44.9 Å². The number of amides is 2. The number of hydrogen-bond acceptors (Lipinski definition) is 7. The highest BCUT2D eigenvalue weighted by Crippen LogP contribution is 2.23. The molecular weight excluding hydrogens is 477 g/mol. The van der Waals surface area contributed by atoms with Gasteiger partial charge in [0.2, 0.25) is 0 Å². The van der Waals surface area contributed by atoms with E-state index in [-0.39, 0.29) is 24.2 Å². The largest absolute Gasteiger partial charge is 0.394 e. The minimum Gasteiger partial charge on any atom is -0.394 e. The van der Waals surface area contributed by atoms with E-state index in [9.17, 15) is 19.1 Å². The van der Waals surface area contributed by atoms with Gasteiger partial charge in [0.05, 0.1) is 12.6 Å². The topological polar surface area (TPSA) is 126 Å². The minimum atomic E-state index is -0.445. The van der Waals surface area contributed by atoms with E-state index in [4.69, 9.17) is 0 Å². The van der Waals surface area contributed by atoms with E-state index in [0.29, 0.717) is 42.4 Å². The van der Waals surface area contributed by atoms with Crippen molar-refractivity contribution in [3.05, 3.63) is 89.3 Å². The minimum absolute atomic E-state index is 0.0849. The first kappa shape index (κ1) is 24.2. The number of anilines is 1. The van der Waals surface area contributed by atoms with Crippen molar-refractivity contribution in [1.82, 2.24) is 29.6 Å². The first-order valence-corrected chi connectivity index (χ1v) is 11.7. The molecule has 1 aliphatic rings. The molecule has 4 heterocycles. The molecule has 1 aliphatic heterocycles. The van der Waals surface area contributed by atoms with Gasteiger partial charge in [0.15, 0.2) is 5.82 Å². The van der Waals surface area contributed by atoms with Crippen molar-refractivity contribution in [2.24, 2.45) is 0 Å². The molecule has 0 aliphatic carbocycles. The van der Waals surface area contributed by atoms with Crippen LogP contribution in [0, 0.1) is 5.82 Å². The molecule has 0 spiro atoms. The van der Waals surface area contributed by atoms with E-state index in [1.807, 2.05) is 6.92 Å². The molecule has 1 aromatic carbocycles. The zero-order valence-corrected chi connectivity index (χ0v) is 20.0. The van der Waals surface area contributed by atoms with Crippen LogP contribution in [-0.2, 0) is 13.0 Å². The van der Waals surface area contributed by atoms with Crippen molar-refractivity contribution in [2.45, 2.75) is 25.9 Å². The van der Waals surface area contributed by atoms with Gasteiger partial charge in [0.25, 0.3) is 11.8 Å². The molecule has 0 saturated heterocycles. The number of aromatic nitrogens is 5. The van der Waals surface area contributed by atoms with Gasteiger partial charge in [-0.05, 0) is 66.9 Å². The lowest BCUT2D eigenvalue weighted by Crippen LogP contribution is -2.36. The number of aliphatic hydroxyl groups excluding tert-OH is 1. The quantitative estimate of drug-likeness (QED) is 0.416. The van der Waals surface area contributed by atoms with Crippen LogP contribution in [0.15, 0.2) is 61.1 Å². The monoisotopic (exact) mass is 501 g/mol. The highest BCUT2D eigenvalue weighted by molar-refractivity contribution is 6.02. The fourth-order valence-corrected chi connectivity index (χ4v) is 4.16. The Bertz CT molecular complexity index is 1450. The highest BCUT2D eigenvalue weighted by atomic mass is 19.1. The van der Waals surface area contributed by atoms with Crippen LogP contribution in [0.4, 0.5) is 10.2 Å². The molecule has 188 valence electrons. The predicted molar refractivity (Wildman–Crippen MR) is 132 cm³/mol. The second-order valence-corrected chi connectivity index (χ2v) is 8.78. The summed E-state index contributed by atoms with van der Waals surface area (Å²) in [6.45, 7) is 2.57. The fourth-order valence-electron chi connectivity index (χ4n) is 4.16. The van der Waals surface area contributed by atoms with Crippen molar-refractivity contribution >= 4 is 17.6 Å². The molecular formula is C26H24FN7O3. The summed E-state index contributed by atoms with van der Waals surface area (Å²) in [6.07, 6.45) is 3.78. The second-order valence-electron chi connectivity index (χ2n) is 8.78. The SMILES string of the molecule is CC(CO)n1cnnc1-c1cccc(NC(=O)c2cc3c(cn2)CCN(C(=O)c2ccc(F)cc2)C3)n1. The zero-order chi connectivity index (χ0) is 25.9. The van der Waals surface area contributed by atoms with Gasteiger partial charge in [-0.15, -0.1) is 10.2 Å². The van der Waals surface area contributed by atoms with Gasteiger partial charge in [-0.25, -0.2) is 9.37 Å². The highest BCUT2D eigenvalue weighted by Gasteiger charge is 2.24. The third kappa shape index (κ3) is 5.07. The van der Waals surface area contributed by atoms with E-state index in [0.717, 1.165) is 11.1 Å². The predicted octanol–water partition coefficient (Wildman–Crippen LogP) is 2.88. The number of fused-ring (bicyclic) bond motifs is 1. The van der Waals surface area contributed by atoms with Gasteiger partial charge in [-0.3, -0.25) is 14.6 Å². The number of nitrogens with one attached hydrogen (secondary N) is 1. The van der Waals surface area contributed by atoms with E-state index >= 15 is 0 Å². The molecule has 1 unspecified atom stereocenters. The average Bonchev–Trinajstić information content (AvgIpc) is 3.42. The lowest BCUT2D eigenvalue weighted by Gasteiger charge is -2.29. The van der Waals surface area contributed by atoms with Crippen molar-refractivity contribution in [1.29, 1.82) is 0 Å². The summed E-state index contributed by atoms with van der Waals surface area (Å²) < 4.78 is 14.9. The number of aliphatic hydroxyl groups is 1. The number of benzene rings is 1. The summed E-state index contributed by atoms with van der Waals surface area (Å²) in [4.78, 5) is 36.3. The standard InChI is InChI=1S/C26H24FN7O3/c1-16(14-35)34-15-29-32-24(34)21-3-2-4-23(30-21)31-25(36)22-11-19-13-33(10-9-18(19)12-28-22)26(37)17-5-7-20(27)8-6-17/h2-8,11-12,15-16,35H,9-10,13-14H2,1H3,(H,30,31,36). The lowest BCUT2D eigenvalue weighted by atomic mass is 10.00. The van der Waals surface area contributed by atoms with Gasteiger partial charge >= 0.3 is 0 Å². The van der Waals surface area contributed by atoms with Crippen molar-refractivity contribution in [3.8, 4) is 11.5 Å². The molecule has 0 fully saturated rings. The smallest absolute Gasteiger partial charge is 0.275 e. The molecule has 2 amide bonds. The van der Waals surface area contributed by atoms with E-state index < -0.39 is 11.7 Å². The molecule has 0 saturated carbocycles. The summed E-state index contributed by atoms with van der Waals surface area (Å²) in [5.41, 5.74) is 2.89. The second kappa shape index (κ2) is 10.2. The Balaban J connectivity index is 1.32. The molecule has 0 bridgehead atoms. The Morgan fingerprint density at radius 3 is 2.76 bits per heavy atom. The van der Waals surface area contributed by atoms with Crippen molar-refractivity contribution < 1.29 is 19.1 Å². The Morgan fingerprint density at radius 2 is 1.97 bits per heavy atom. The van der Waals surface area contributed by atoms with Gasteiger partial charge in [-0.2, -0.15) is 0 Å². The van der Waals surface area contributed by atoms with Gasteiger partial charge < -0.3 is 19.9 Å². The molecule has 3 aromatic heterocycles. The van der Waals surface area contributed by atoms with Crippen LogP contribution in [0.3, 0.4) is 0 Å². The first-order chi connectivity index (χ1) is 17.9. The number of rotatable bonds is 6. The van der Waals surface area contributed by atoms with E-state index in [1.54, 1.807) is 39.9 Å². The van der Waals surface area contributed by atoms with Crippen LogP contribution in [0.2, 0.25) is 0 Å². The molecule has 10 nitrogen and oxygen atoms in total. The van der Waals surface area contributed by atoms with Gasteiger partial charge in [0.1, 0.15) is 29.4 Å². The molecule has 5 rings (SSSR count). The first-order valence-electron chi connectivity index (χ1n) is 11.7. The summed E-state index contributed by atoms with van der Waals surface area (Å²) >= 11 is 0. The normalized spacial score (nSPS) is 13.6. The van der Waals surface area contributed by atoms with Crippen molar-refractivity contribution in [2.75, 3.05) is 18.5 Å². The molecule has 2 N–H and O–H groups in total. The number of carbonyl (C=O) groups excluding carboxylic acids is 2. The van der Waals surface area contributed by atoms with Gasteiger partial charge in [0, 0.05) is 24.8 Å². The Hall–Kier alpha value is -4.51. The van der Waals surface area contributed by atoms with E-state index in [2.05, 4.69) is 25.5 Å². The Morgan fingerprint density at radius 1 is 1.16 bits per heavy atom. The molecule has 37 heavy (non-hydrogen) atoms. The third-order valence-corrected chi connectivity index (χ3v) is 6.24. The maximum atomic E-state index is 13.2. The summed E-state index contributed by atoms with van der Waals surface area (Å²) in [7, 11) is 0. The summed E-state index contributed by atoms with van der Waals surface area (Å²) in [5, 5.41) is 20.2. The molecule has 0 radical (unpaired) electrons. The van der Waals surface area contributed by atoms with Crippen LogP contribution in [-0.4, -0.2) is 59.7 Å². The number of halogens is 1. The number of hydrogen-bond donors (Lipinski definition) is 2. The average molecular weight is 502 g/mol. The van der Waals surface area contributed by atoms with Gasteiger partial charge in [-0.1, -0.05) is 6.07 Å². The lowest BCUT2D eigenvalue weighted by molar-refractivity contribution is 0.0734. The van der Waals surface area contributed by atoms with E-state index in [1.165, 1.54) is 30.6 Å².